The molecule has 4 nitrogen and oxygen atoms in total. The highest BCUT2D eigenvalue weighted by Gasteiger charge is 2.26. The van der Waals surface area contributed by atoms with Gasteiger partial charge in [-0.1, -0.05) is 0 Å². The largest absolute Gasteiger partial charge is 0.339 e. The number of amides is 1. The van der Waals surface area contributed by atoms with Crippen molar-refractivity contribution < 1.29 is 4.79 Å². The van der Waals surface area contributed by atoms with E-state index >= 15 is 0 Å². The molecule has 18 heavy (non-hydrogen) atoms. The standard InChI is InChI=1S/C12H18BrN3OS/c1-15-4-3-14-11(7-15)12(17)16(2)6-10-5-9(13)8-18-10/h5,8,11,14H,3-4,6-7H2,1-2H3. The third-order valence-electron chi connectivity index (χ3n) is 3.07. The molecule has 0 spiro atoms. The summed E-state index contributed by atoms with van der Waals surface area (Å²) >= 11 is 5.10. The molecule has 1 saturated heterocycles. The molecule has 1 N–H and O–H groups in total. The molecule has 0 aromatic carbocycles. The number of halogens is 1. The summed E-state index contributed by atoms with van der Waals surface area (Å²) in [6.45, 7) is 3.35. The van der Waals surface area contributed by atoms with Crippen LogP contribution in [0.5, 0.6) is 0 Å². The first kappa shape index (κ1) is 14.0. The van der Waals surface area contributed by atoms with Crippen molar-refractivity contribution in [1.29, 1.82) is 0 Å². The minimum atomic E-state index is -0.0721. The lowest BCUT2D eigenvalue weighted by Crippen LogP contribution is -2.56. The second-order valence-electron chi connectivity index (χ2n) is 4.69. The van der Waals surface area contributed by atoms with E-state index in [1.807, 2.05) is 12.4 Å². The topological polar surface area (TPSA) is 35.6 Å². The molecule has 0 bridgehead atoms. The van der Waals surface area contributed by atoms with Crippen molar-refractivity contribution in [2.75, 3.05) is 33.7 Å². The van der Waals surface area contributed by atoms with Crippen molar-refractivity contribution >= 4 is 33.2 Å². The fraction of sp³-hybridized carbons (Fsp3) is 0.583. The van der Waals surface area contributed by atoms with Crippen LogP contribution in [-0.2, 0) is 11.3 Å². The van der Waals surface area contributed by atoms with E-state index in [2.05, 4.69) is 39.3 Å². The number of carbonyl (C=O) groups is 1. The molecule has 100 valence electrons. The summed E-state index contributed by atoms with van der Waals surface area (Å²) in [5.41, 5.74) is 0. The van der Waals surface area contributed by atoms with Gasteiger partial charge in [-0.25, -0.2) is 0 Å². The van der Waals surface area contributed by atoms with Crippen LogP contribution in [0.1, 0.15) is 4.88 Å². The molecular weight excluding hydrogens is 314 g/mol. The van der Waals surface area contributed by atoms with Crippen molar-refractivity contribution in [3.05, 3.63) is 20.8 Å². The number of nitrogens with one attached hydrogen (secondary N) is 1. The maximum atomic E-state index is 12.3. The molecule has 1 aliphatic heterocycles. The van der Waals surface area contributed by atoms with Crippen LogP contribution in [0.15, 0.2) is 15.9 Å². The number of hydrogen-bond acceptors (Lipinski definition) is 4. The van der Waals surface area contributed by atoms with Crippen LogP contribution < -0.4 is 5.32 Å². The van der Waals surface area contributed by atoms with E-state index in [9.17, 15) is 4.79 Å². The molecule has 0 saturated carbocycles. The summed E-state index contributed by atoms with van der Waals surface area (Å²) in [6.07, 6.45) is 0. The predicted molar refractivity (Wildman–Crippen MR) is 77.8 cm³/mol. The van der Waals surface area contributed by atoms with Gasteiger partial charge in [-0.3, -0.25) is 4.79 Å². The van der Waals surface area contributed by atoms with Gasteiger partial charge in [0.1, 0.15) is 0 Å². The summed E-state index contributed by atoms with van der Waals surface area (Å²) in [6, 6.07) is 1.99. The zero-order valence-electron chi connectivity index (χ0n) is 10.6. The van der Waals surface area contributed by atoms with Gasteiger partial charge in [0.25, 0.3) is 0 Å². The molecule has 2 rings (SSSR count). The van der Waals surface area contributed by atoms with Crippen molar-refractivity contribution in [1.82, 2.24) is 15.1 Å². The Morgan fingerprint density at radius 2 is 2.50 bits per heavy atom. The monoisotopic (exact) mass is 331 g/mol. The predicted octanol–water partition coefficient (Wildman–Crippen LogP) is 1.37. The van der Waals surface area contributed by atoms with Gasteiger partial charge in [0.2, 0.25) is 5.91 Å². The van der Waals surface area contributed by atoms with Crippen LogP contribution >= 0.6 is 27.3 Å². The highest BCUT2D eigenvalue weighted by Crippen LogP contribution is 2.21. The lowest BCUT2D eigenvalue weighted by molar-refractivity contribution is -0.133. The molecule has 1 aromatic heterocycles. The van der Waals surface area contributed by atoms with Gasteiger partial charge in [0.15, 0.2) is 0 Å². The third kappa shape index (κ3) is 3.54. The lowest BCUT2D eigenvalue weighted by Gasteiger charge is -2.32. The SMILES string of the molecule is CN1CCNC(C(=O)N(C)Cc2cc(Br)cs2)C1. The Bertz CT molecular complexity index is 423. The number of nitrogens with zero attached hydrogens (tertiary/aromatic N) is 2. The quantitative estimate of drug-likeness (QED) is 0.908. The molecule has 1 amide bonds. The van der Waals surface area contributed by atoms with Gasteiger partial charge in [-0.15, -0.1) is 11.3 Å². The first-order valence-electron chi connectivity index (χ1n) is 5.96. The van der Waals surface area contributed by atoms with Gasteiger partial charge in [-0.2, -0.15) is 0 Å². The summed E-state index contributed by atoms with van der Waals surface area (Å²) in [7, 11) is 3.92. The van der Waals surface area contributed by atoms with Gasteiger partial charge < -0.3 is 15.1 Å². The Balaban J connectivity index is 1.91. The summed E-state index contributed by atoms with van der Waals surface area (Å²) in [4.78, 5) is 17.5. The van der Waals surface area contributed by atoms with Crippen molar-refractivity contribution in [3.8, 4) is 0 Å². The second kappa shape index (κ2) is 6.14. The number of hydrogen-bond donors (Lipinski definition) is 1. The summed E-state index contributed by atoms with van der Waals surface area (Å²) in [5.74, 6) is 0.172. The van der Waals surface area contributed by atoms with Crippen LogP contribution in [0, 0.1) is 0 Å². The van der Waals surface area contributed by atoms with Crippen LogP contribution in [0.25, 0.3) is 0 Å². The Labute approximate surface area is 120 Å². The summed E-state index contributed by atoms with van der Waals surface area (Å²) < 4.78 is 1.08. The van der Waals surface area contributed by atoms with E-state index in [0.29, 0.717) is 6.54 Å². The highest BCUT2D eigenvalue weighted by molar-refractivity contribution is 9.10. The van der Waals surface area contributed by atoms with E-state index in [4.69, 9.17) is 0 Å². The molecule has 1 aromatic rings. The van der Waals surface area contributed by atoms with Crippen molar-refractivity contribution in [2.45, 2.75) is 12.6 Å². The van der Waals surface area contributed by atoms with Crippen molar-refractivity contribution in [3.63, 3.8) is 0 Å². The third-order valence-corrected chi connectivity index (χ3v) is 4.75. The average Bonchev–Trinajstić information content (AvgIpc) is 2.73. The fourth-order valence-corrected chi connectivity index (χ4v) is 3.58. The Kier molecular flexibility index (Phi) is 4.77. The van der Waals surface area contributed by atoms with Crippen LogP contribution in [0.2, 0.25) is 0 Å². The molecule has 0 aliphatic carbocycles. The molecule has 6 heteroatoms. The van der Waals surface area contributed by atoms with Gasteiger partial charge in [0, 0.05) is 41.4 Å². The first-order valence-corrected chi connectivity index (χ1v) is 7.63. The average molecular weight is 332 g/mol. The molecule has 1 unspecified atom stereocenters. The van der Waals surface area contributed by atoms with E-state index in [1.165, 1.54) is 4.88 Å². The smallest absolute Gasteiger partial charge is 0.241 e. The van der Waals surface area contributed by atoms with Gasteiger partial charge in [-0.05, 0) is 29.0 Å². The van der Waals surface area contributed by atoms with E-state index in [0.717, 1.165) is 24.1 Å². The molecule has 0 radical (unpaired) electrons. The normalized spacial score (nSPS) is 20.9. The van der Waals surface area contributed by atoms with E-state index in [-0.39, 0.29) is 11.9 Å². The Hall–Kier alpha value is -0.430. The second-order valence-corrected chi connectivity index (χ2v) is 6.61. The number of piperazine rings is 1. The molecule has 1 aliphatic rings. The van der Waals surface area contributed by atoms with Crippen LogP contribution in [0.3, 0.4) is 0 Å². The lowest BCUT2D eigenvalue weighted by atomic mass is 10.2. The van der Waals surface area contributed by atoms with Crippen LogP contribution in [0.4, 0.5) is 0 Å². The molecular formula is C12H18BrN3OS. The van der Waals surface area contributed by atoms with E-state index in [1.54, 1.807) is 16.2 Å². The van der Waals surface area contributed by atoms with Gasteiger partial charge in [0.05, 0.1) is 12.6 Å². The van der Waals surface area contributed by atoms with Gasteiger partial charge >= 0.3 is 0 Å². The van der Waals surface area contributed by atoms with Crippen LogP contribution in [-0.4, -0.2) is 55.5 Å². The summed E-state index contributed by atoms with van der Waals surface area (Å²) in [5, 5.41) is 5.32. The zero-order chi connectivity index (χ0) is 13.1. The first-order chi connectivity index (χ1) is 8.56. The highest BCUT2D eigenvalue weighted by atomic mass is 79.9. The maximum absolute atomic E-state index is 12.3. The molecule has 2 heterocycles. The number of thiophene rings is 1. The minimum absolute atomic E-state index is 0.0721. The maximum Gasteiger partial charge on any atom is 0.241 e. The number of carbonyl (C=O) groups excluding carboxylic acids is 1. The Morgan fingerprint density at radius 1 is 1.72 bits per heavy atom. The fourth-order valence-electron chi connectivity index (χ4n) is 2.08. The minimum Gasteiger partial charge on any atom is -0.339 e. The molecule has 1 atom stereocenters. The number of likely N-dealkylation sites (N-methyl/N-ethyl adjacent to an activating group) is 2. The number of rotatable bonds is 3. The zero-order valence-corrected chi connectivity index (χ0v) is 13.1. The Morgan fingerprint density at radius 3 is 3.11 bits per heavy atom. The van der Waals surface area contributed by atoms with Crippen molar-refractivity contribution in [2.24, 2.45) is 0 Å². The molecule has 1 fully saturated rings. The van der Waals surface area contributed by atoms with E-state index < -0.39 is 0 Å².